The van der Waals surface area contributed by atoms with Crippen LogP contribution in [0.1, 0.15) is 72.6 Å². The maximum Gasteiger partial charge on any atom is 0.333 e. The second-order valence-electron chi connectivity index (χ2n) is 11.0. The number of carboxylic acids is 1. The van der Waals surface area contributed by atoms with Gasteiger partial charge in [0.25, 0.3) is 0 Å². The fraction of sp³-hybridized carbons (Fsp3) is 0.760. The van der Waals surface area contributed by atoms with E-state index in [-0.39, 0.29) is 18.3 Å². The first kappa shape index (κ1) is 22.5. The fourth-order valence-electron chi connectivity index (χ4n) is 7.96. The van der Waals surface area contributed by atoms with Crippen LogP contribution in [0.25, 0.3) is 0 Å². The molecule has 6 nitrogen and oxygen atoms in total. The van der Waals surface area contributed by atoms with Gasteiger partial charge in [0.15, 0.2) is 0 Å². The number of aliphatic hydroxyl groups is 2. The van der Waals surface area contributed by atoms with Crippen LogP contribution in [0.4, 0.5) is 0 Å². The first-order valence-corrected chi connectivity index (χ1v) is 11.6. The summed E-state index contributed by atoms with van der Waals surface area (Å²) in [6, 6.07) is 0. The number of carbonyl (C=O) groups excluding carboxylic acids is 1. The monoisotopic (exact) mass is 432 g/mol. The van der Waals surface area contributed by atoms with E-state index in [1.807, 2.05) is 6.92 Å². The van der Waals surface area contributed by atoms with Crippen molar-refractivity contribution in [3.05, 3.63) is 23.8 Å². The van der Waals surface area contributed by atoms with Crippen molar-refractivity contribution < 1.29 is 29.6 Å². The van der Waals surface area contributed by atoms with Gasteiger partial charge in [0.2, 0.25) is 0 Å². The number of ether oxygens (including phenoxy) is 1. The van der Waals surface area contributed by atoms with Crippen LogP contribution in [-0.4, -0.2) is 45.1 Å². The Bertz CT molecular complexity index is 862. The summed E-state index contributed by atoms with van der Waals surface area (Å²) in [7, 11) is 0. The summed E-state index contributed by atoms with van der Waals surface area (Å²) < 4.78 is 5.97. The Morgan fingerprint density at radius 1 is 1.23 bits per heavy atom. The fourth-order valence-corrected chi connectivity index (χ4v) is 7.96. The Morgan fingerprint density at radius 3 is 2.52 bits per heavy atom. The van der Waals surface area contributed by atoms with Gasteiger partial charge in [-0.3, -0.25) is 4.79 Å². The average Bonchev–Trinajstić information content (AvgIpc) is 2.95. The van der Waals surface area contributed by atoms with Gasteiger partial charge in [0, 0.05) is 11.0 Å². The van der Waals surface area contributed by atoms with Crippen LogP contribution in [0.2, 0.25) is 0 Å². The molecule has 8 atom stereocenters. The van der Waals surface area contributed by atoms with Gasteiger partial charge in [-0.2, -0.15) is 0 Å². The van der Waals surface area contributed by atoms with E-state index >= 15 is 0 Å². The van der Waals surface area contributed by atoms with Crippen LogP contribution in [-0.2, 0) is 14.3 Å². The first-order chi connectivity index (χ1) is 14.4. The predicted octanol–water partition coefficient (Wildman–Crippen LogP) is 3.61. The minimum Gasteiger partial charge on any atom is -0.481 e. The second kappa shape index (κ2) is 6.92. The summed E-state index contributed by atoms with van der Waals surface area (Å²) in [6.45, 7) is 11.5. The third-order valence-corrected chi connectivity index (χ3v) is 9.94. The molecule has 0 amide bonds. The second-order valence-corrected chi connectivity index (χ2v) is 11.0. The van der Waals surface area contributed by atoms with E-state index in [9.17, 15) is 24.9 Å². The lowest BCUT2D eigenvalue weighted by Gasteiger charge is -2.69. The minimum absolute atomic E-state index is 0.0771. The Morgan fingerprint density at radius 2 is 1.90 bits per heavy atom. The molecule has 4 rings (SSSR count). The number of esters is 1. The highest BCUT2D eigenvalue weighted by atomic mass is 16.5. The van der Waals surface area contributed by atoms with Crippen molar-refractivity contribution in [1.29, 1.82) is 0 Å². The summed E-state index contributed by atoms with van der Waals surface area (Å²) in [5.41, 5.74) is -2.87. The van der Waals surface area contributed by atoms with E-state index < -0.39 is 46.0 Å². The van der Waals surface area contributed by atoms with Crippen molar-refractivity contribution in [2.45, 2.75) is 90.4 Å². The van der Waals surface area contributed by atoms with Crippen molar-refractivity contribution in [3.8, 4) is 0 Å². The lowest BCUT2D eigenvalue weighted by atomic mass is 9.37. The van der Waals surface area contributed by atoms with Crippen molar-refractivity contribution >= 4 is 11.9 Å². The van der Waals surface area contributed by atoms with Crippen molar-refractivity contribution in [2.75, 3.05) is 0 Å². The van der Waals surface area contributed by atoms with Crippen molar-refractivity contribution in [1.82, 2.24) is 0 Å². The van der Waals surface area contributed by atoms with Crippen LogP contribution >= 0.6 is 0 Å². The van der Waals surface area contributed by atoms with Crippen LogP contribution in [0.15, 0.2) is 23.8 Å². The Labute approximate surface area is 184 Å². The summed E-state index contributed by atoms with van der Waals surface area (Å²) >= 11 is 0. The summed E-state index contributed by atoms with van der Waals surface area (Å²) in [4.78, 5) is 25.0. The molecule has 0 aromatic carbocycles. The van der Waals surface area contributed by atoms with Gasteiger partial charge in [-0.1, -0.05) is 26.0 Å². The quantitative estimate of drug-likeness (QED) is 0.358. The van der Waals surface area contributed by atoms with Gasteiger partial charge in [-0.25, -0.2) is 4.79 Å². The average molecular weight is 433 g/mol. The summed E-state index contributed by atoms with van der Waals surface area (Å²) in [5.74, 6) is -1.62. The third-order valence-electron chi connectivity index (χ3n) is 9.94. The standard InChI is InChI=1S/C25H36O6/c1-6-14(2)20(27)31-19-15(3)16-8-11-25(30)23(5)10-7-9-22(4,21(28)29)17(23)12-18(26)24(19,25)13-16/h6,16-19,26,30H,3,7-13H2,1-2,4-5H3,(H,28,29)/b14-6-/t16-,17-,18+,19+,22-,23-,24-,25-/m1/s1. The van der Waals surface area contributed by atoms with E-state index in [2.05, 4.69) is 6.58 Å². The van der Waals surface area contributed by atoms with Gasteiger partial charge in [-0.15, -0.1) is 0 Å². The number of carbonyl (C=O) groups is 2. The zero-order valence-electron chi connectivity index (χ0n) is 19.1. The summed E-state index contributed by atoms with van der Waals surface area (Å²) in [5, 5.41) is 34.2. The molecule has 0 unspecified atom stereocenters. The van der Waals surface area contributed by atoms with E-state index in [1.54, 1.807) is 26.8 Å². The summed E-state index contributed by atoms with van der Waals surface area (Å²) in [6.07, 6.45) is 3.81. The molecular weight excluding hydrogens is 396 g/mol. The number of aliphatic hydroxyl groups excluding tert-OH is 1. The van der Waals surface area contributed by atoms with Crippen molar-refractivity contribution in [2.24, 2.45) is 28.1 Å². The largest absolute Gasteiger partial charge is 0.481 e. The maximum absolute atomic E-state index is 12.7. The molecule has 172 valence electrons. The number of fused-ring (bicyclic) bond motifs is 3. The van der Waals surface area contributed by atoms with Gasteiger partial charge in [0.1, 0.15) is 6.10 Å². The highest BCUT2D eigenvalue weighted by Gasteiger charge is 2.78. The Balaban J connectivity index is 1.85. The number of carboxylic acid groups (broad SMARTS) is 1. The topological polar surface area (TPSA) is 104 Å². The predicted molar refractivity (Wildman–Crippen MR) is 115 cm³/mol. The molecule has 3 N–H and O–H groups in total. The molecule has 1 spiro atoms. The number of rotatable bonds is 3. The van der Waals surface area contributed by atoms with Gasteiger partial charge < -0.3 is 20.1 Å². The molecule has 0 heterocycles. The number of aliphatic carboxylic acids is 1. The molecule has 31 heavy (non-hydrogen) atoms. The van der Waals surface area contributed by atoms with Crippen LogP contribution in [0.3, 0.4) is 0 Å². The highest BCUT2D eigenvalue weighted by molar-refractivity contribution is 5.88. The molecule has 0 aromatic heterocycles. The number of hydrogen-bond acceptors (Lipinski definition) is 5. The molecule has 6 heteroatoms. The van der Waals surface area contributed by atoms with E-state index in [0.717, 1.165) is 5.57 Å². The van der Waals surface area contributed by atoms with Crippen LogP contribution in [0.5, 0.6) is 0 Å². The third kappa shape index (κ3) is 2.58. The lowest BCUT2D eigenvalue weighted by Crippen LogP contribution is -2.75. The molecule has 0 saturated heterocycles. The van der Waals surface area contributed by atoms with E-state index in [0.29, 0.717) is 44.1 Å². The molecule has 4 aliphatic rings. The molecular formula is C25H36O6. The molecule has 4 saturated carbocycles. The zero-order chi connectivity index (χ0) is 23.0. The van der Waals surface area contributed by atoms with Gasteiger partial charge >= 0.3 is 11.9 Å². The first-order valence-electron chi connectivity index (χ1n) is 11.6. The van der Waals surface area contributed by atoms with Gasteiger partial charge in [-0.05, 0) is 76.7 Å². The van der Waals surface area contributed by atoms with E-state index in [4.69, 9.17) is 4.74 Å². The molecule has 0 aliphatic heterocycles. The minimum atomic E-state index is -1.34. The van der Waals surface area contributed by atoms with Crippen LogP contribution < -0.4 is 0 Å². The lowest BCUT2D eigenvalue weighted by molar-refractivity contribution is -0.309. The smallest absolute Gasteiger partial charge is 0.333 e. The maximum atomic E-state index is 12.7. The molecule has 4 aliphatic carbocycles. The molecule has 2 bridgehead atoms. The van der Waals surface area contributed by atoms with Crippen LogP contribution in [0, 0.1) is 28.1 Å². The number of allylic oxidation sites excluding steroid dienone is 1. The normalized spacial score (nSPS) is 49.2. The highest BCUT2D eigenvalue weighted by Crippen LogP contribution is 2.74. The molecule has 0 aromatic rings. The van der Waals surface area contributed by atoms with Gasteiger partial charge in [0.05, 0.1) is 22.5 Å². The van der Waals surface area contributed by atoms with E-state index in [1.165, 1.54) is 0 Å². The molecule has 4 fully saturated rings. The SMILES string of the molecule is C=C1[C@@H]2CC[C@]3(O)[C@](C2)([C@@H](O)C[C@@H]2[C@](C)(C(=O)O)CCC[C@]23C)[C@H]1OC(=O)/C(C)=C\C. The Kier molecular flexibility index (Phi) is 5.03. The van der Waals surface area contributed by atoms with Crippen molar-refractivity contribution in [3.63, 3.8) is 0 Å². The molecule has 0 radical (unpaired) electrons. The zero-order valence-corrected chi connectivity index (χ0v) is 19.1. The Hall–Kier alpha value is -1.66. The number of hydrogen-bond donors (Lipinski definition) is 3.